The smallest absolute Gasteiger partial charge is 0.0949 e. The maximum atomic E-state index is 11.2. The van der Waals surface area contributed by atoms with Crippen LogP contribution in [0, 0.1) is 10.8 Å². The molecule has 150 valence electrons. The second-order valence-corrected chi connectivity index (χ2v) is 7.93. The average molecular weight is 358 g/mol. The SMILES string of the molecule is CCCCCCCCCCCCCC(N=O)C(CC(C)O)CC(C)O. The summed E-state index contributed by atoms with van der Waals surface area (Å²) < 4.78 is 0. The van der Waals surface area contributed by atoms with Gasteiger partial charge in [0.25, 0.3) is 0 Å². The summed E-state index contributed by atoms with van der Waals surface area (Å²) in [7, 11) is 0. The van der Waals surface area contributed by atoms with Gasteiger partial charge >= 0.3 is 0 Å². The molecule has 2 N–H and O–H groups in total. The normalized spacial score (nSPS) is 16.4. The van der Waals surface area contributed by atoms with Crippen molar-refractivity contribution in [3.8, 4) is 0 Å². The lowest BCUT2D eigenvalue weighted by atomic mass is 9.86. The lowest BCUT2D eigenvalue weighted by molar-refractivity contribution is 0.108. The minimum atomic E-state index is -0.453. The summed E-state index contributed by atoms with van der Waals surface area (Å²) in [5, 5.41) is 22.5. The number of unbranched alkanes of at least 4 members (excludes halogenated alkanes) is 10. The molecule has 0 spiro atoms. The molecular weight excluding hydrogens is 314 g/mol. The van der Waals surface area contributed by atoms with Gasteiger partial charge in [-0.25, -0.2) is 0 Å². The molecule has 0 rings (SSSR count). The number of nitrogens with zero attached hydrogens (tertiary/aromatic N) is 1. The second kappa shape index (κ2) is 17.0. The van der Waals surface area contributed by atoms with E-state index in [9.17, 15) is 15.1 Å². The molecular formula is C21H43NO3. The fourth-order valence-electron chi connectivity index (χ4n) is 3.68. The monoisotopic (exact) mass is 357 g/mol. The molecule has 0 amide bonds. The highest BCUT2D eigenvalue weighted by Crippen LogP contribution is 2.25. The standard InChI is InChI=1S/C21H43NO3/c1-4-5-6-7-8-9-10-11-12-13-14-15-21(22-25)20(16-18(2)23)17-19(3)24/h18-21,23-24H,4-17H2,1-3H3. The molecule has 25 heavy (non-hydrogen) atoms. The van der Waals surface area contributed by atoms with Gasteiger partial charge in [0.05, 0.1) is 18.2 Å². The molecule has 0 aliphatic rings. The number of hydrogen-bond acceptors (Lipinski definition) is 4. The highest BCUT2D eigenvalue weighted by molar-refractivity contribution is 4.79. The zero-order valence-corrected chi connectivity index (χ0v) is 17.0. The van der Waals surface area contributed by atoms with Crippen molar-refractivity contribution in [2.45, 2.75) is 129 Å². The molecule has 0 bridgehead atoms. The van der Waals surface area contributed by atoms with Crippen molar-refractivity contribution in [2.24, 2.45) is 11.1 Å². The number of hydrogen-bond donors (Lipinski definition) is 2. The maximum Gasteiger partial charge on any atom is 0.0949 e. The van der Waals surface area contributed by atoms with E-state index in [1.165, 1.54) is 57.8 Å². The van der Waals surface area contributed by atoms with E-state index in [4.69, 9.17) is 0 Å². The van der Waals surface area contributed by atoms with Crippen LogP contribution in [0.5, 0.6) is 0 Å². The van der Waals surface area contributed by atoms with E-state index < -0.39 is 12.2 Å². The van der Waals surface area contributed by atoms with E-state index in [1.807, 2.05) is 0 Å². The topological polar surface area (TPSA) is 69.9 Å². The third-order valence-electron chi connectivity index (χ3n) is 5.07. The number of aliphatic hydroxyl groups is 2. The summed E-state index contributed by atoms with van der Waals surface area (Å²) in [5.74, 6) is -0.0133. The molecule has 0 aliphatic carbocycles. The first-order valence-electron chi connectivity index (χ1n) is 10.7. The summed E-state index contributed by atoms with van der Waals surface area (Å²) in [6.07, 6.45) is 15.2. The summed E-state index contributed by atoms with van der Waals surface area (Å²) in [4.78, 5) is 11.2. The van der Waals surface area contributed by atoms with Crippen molar-refractivity contribution < 1.29 is 10.2 Å². The Balaban J connectivity index is 3.78. The second-order valence-electron chi connectivity index (χ2n) is 7.93. The molecule has 0 aromatic heterocycles. The van der Waals surface area contributed by atoms with Crippen molar-refractivity contribution >= 4 is 0 Å². The third kappa shape index (κ3) is 15.5. The van der Waals surface area contributed by atoms with Crippen molar-refractivity contribution in [3.63, 3.8) is 0 Å². The van der Waals surface area contributed by atoms with Crippen LogP contribution in [0.1, 0.15) is 111 Å². The van der Waals surface area contributed by atoms with Gasteiger partial charge in [0.1, 0.15) is 0 Å². The van der Waals surface area contributed by atoms with E-state index in [2.05, 4.69) is 12.1 Å². The third-order valence-corrected chi connectivity index (χ3v) is 5.07. The molecule has 0 radical (unpaired) electrons. The average Bonchev–Trinajstić information content (AvgIpc) is 2.54. The van der Waals surface area contributed by atoms with Gasteiger partial charge in [0, 0.05) is 0 Å². The van der Waals surface area contributed by atoms with Gasteiger partial charge in [-0.1, -0.05) is 82.7 Å². The van der Waals surface area contributed by atoms with Crippen LogP contribution in [-0.2, 0) is 0 Å². The lowest BCUT2D eigenvalue weighted by Crippen LogP contribution is -2.26. The Labute approximate surface area is 155 Å². The van der Waals surface area contributed by atoms with E-state index in [1.54, 1.807) is 13.8 Å². The summed E-state index contributed by atoms with van der Waals surface area (Å²) >= 11 is 0. The molecule has 0 fully saturated rings. The lowest BCUT2D eigenvalue weighted by Gasteiger charge is -2.24. The van der Waals surface area contributed by atoms with Crippen LogP contribution in [0.4, 0.5) is 0 Å². The van der Waals surface area contributed by atoms with Crippen LogP contribution in [-0.4, -0.2) is 28.5 Å². The van der Waals surface area contributed by atoms with Gasteiger partial charge in [-0.05, 0) is 39.0 Å². The van der Waals surface area contributed by atoms with Gasteiger partial charge in [-0.15, -0.1) is 0 Å². The van der Waals surface area contributed by atoms with Crippen LogP contribution in [0.2, 0.25) is 0 Å². The first-order chi connectivity index (χ1) is 12.0. The van der Waals surface area contributed by atoms with E-state index in [-0.39, 0.29) is 12.0 Å². The number of rotatable bonds is 18. The van der Waals surface area contributed by atoms with Crippen LogP contribution in [0.15, 0.2) is 5.18 Å². The van der Waals surface area contributed by atoms with E-state index >= 15 is 0 Å². The molecule has 0 saturated heterocycles. The minimum Gasteiger partial charge on any atom is -0.393 e. The highest BCUT2D eigenvalue weighted by atomic mass is 16.3. The number of nitroso groups, excluding NO2 is 1. The van der Waals surface area contributed by atoms with Gasteiger partial charge in [0.15, 0.2) is 0 Å². The zero-order chi connectivity index (χ0) is 18.9. The fourth-order valence-corrected chi connectivity index (χ4v) is 3.68. The Bertz CT molecular complexity index is 285. The predicted octanol–water partition coefficient (Wildman–Crippen LogP) is 5.98. The van der Waals surface area contributed by atoms with Crippen LogP contribution in [0.25, 0.3) is 0 Å². The molecule has 3 unspecified atom stereocenters. The van der Waals surface area contributed by atoms with Gasteiger partial charge in [0.2, 0.25) is 0 Å². The molecule has 4 nitrogen and oxygen atoms in total. The number of aliphatic hydroxyl groups excluding tert-OH is 2. The van der Waals surface area contributed by atoms with Crippen molar-refractivity contribution in [3.05, 3.63) is 4.91 Å². The Morgan fingerprint density at radius 3 is 1.48 bits per heavy atom. The molecule has 3 atom stereocenters. The van der Waals surface area contributed by atoms with Crippen molar-refractivity contribution in [1.82, 2.24) is 0 Å². The first kappa shape index (κ1) is 24.5. The summed E-state index contributed by atoms with van der Waals surface area (Å²) in [6.45, 7) is 5.72. The van der Waals surface area contributed by atoms with Crippen LogP contribution in [0.3, 0.4) is 0 Å². The highest BCUT2D eigenvalue weighted by Gasteiger charge is 2.25. The molecule has 0 aromatic carbocycles. The Kier molecular flexibility index (Phi) is 16.6. The van der Waals surface area contributed by atoms with Gasteiger partial charge < -0.3 is 10.2 Å². The van der Waals surface area contributed by atoms with E-state index in [0.29, 0.717) is 12.8 Å². The maximum absolute atomic E-state index is 11.2. The molecule has 0 heterocycles. The first-order valence-corrected chi connectivity index (χ1v) is 10.7. The van der Waals surface area contributed by atoms with Crippen molar-refractivity contribution in [1.29, 1.82) is 0 Å². The zero-order valence-electron chi connectivity index (χ0n) is 17.0. The summed E-state index contributed by atoms with van der Waals surface area (Å²) in [5.41, 5.74) is 0. The fraction of sp³-hybridized carbons (Fsp3) is 1.00. The minimum absolute atomic E-state index is 0.0133. The largest absolute Gasteiger partial charge is 0.393 e. The van der Waals surface area contributed by atoms with Crippen LogP contribution < -0.4 is 0 Å². The molecule has 0 aromatic rings. The molecule has 0 aliphatic heterocycles. The Hall–Kier alpha value is -0.480. The Morgan fingerprint density at radius 1 is 0.720 bits per heavy atom. The van der Waals surface area contributed by atoms with Gasteiger partial charge in [-0.3, -0.25) is 0 Å². The summed E-state index contributed by atoms with van der Waals surface area (Å²) in [6, 6.07) is -0.275. The van der Waals surface area contributed by atoms with Gasteiger partial charge in [-0.2, -0.15) is 4.91 Å². The van der Waals surface area contributed by atoms with E-state index in [0.717, 1.165) is 19.3 Å². The van der Waals surface area contributed by atoms with Crippen LogP contribution >= 0.6 is 0 Å². The Morgan fingerprint density at radius 2 is 1.12 bits per heavy atom. The molecule has 4 heteroatoms. The molecule has 0 saturated carbocycles. The predicted molar refractivity (Wildman–Crippen MR) is 107 cm³/mol. The van der Waals surface area contributed by atoms with Crippen molar-refractivity contribution in [2.75, 3.05) is 0 Å². The quantitative estimate of drug-likeness (QED) is 0.234.